The van der Waals surface area contributed by atoms with E-state index in [1.807, 2.05) is 19.9 Å². The van der Waals surface area contributed by atoms with Crippen LogP contribution in [0.1, 0.15) is 25.8 Å². The van der Waals surface area contributed by atoms with E-state index >= 15 is 0 Å². The van der Waals surface area contributed by atoms with Crippen molar-refractivity contribution in [3.05, 3.63) is 29.6 Å². The van der Waals surface area contributed by atoms with Crippen molar-refractivity contribution in [2.24, 2.45) is 0 Å². The number of rotatable bonds is 3. The lowest BCUT2D eigenvalue weighted by atomic mass is 10.1. The maximum atomic E-state index is 13.1. The van der Waals surface area contributed by atoms with Gasteiger partial charge in [-0.2, -0.15) is 5.26 Å². The number of benzene rings is 1. The van der Waals surface area contributed by atoms with Gasteiger partial charge in [0.25, 0.3) is 0 Å². The van der Waals surface area contributed by atoms with E-state index in [1.165, 1.54) is 6.07 Å². The molecule has 1 aromatic rings. The molecule has 0 spiro atoms. The summed E-state index contributed by atoms with van der Waals surface area (Å²) < 4.78 is 13.1. The Morgan fingerprint density at radius 2 is 2.29 bits per heavy atom. The molecule has 0 saturated carbocycles. The highest BCUT2D eigenvalue weighted by Crippen LogP contribution is 2.18. The van der Waals surface area contributed by atoms with Crippen molar-refractivity contribution in [2.45, 2.75) is 26.3 Å². The first-order chi connectivity index (χ1) is 6.69. The van der Waals surface area contributed by atoms with Crippen molar-refractivity contribution >= 4 is 5.69 Å². The van der Waals surface area contributed by atoms with Gasteiger partial charge in [-0.25, -0.2) is 4.39 Å². The summed E-state index contributed by atoms with van der Waals surface area (Å²) in [5.41, 5.74) is 0.662. The smallest absolute Gasteiger partial charge is 0.143 e. The fourth-order valence-corrected chi connectivity index (χ4v) is 1.13. The standard InChI is InChI=1S/C11H13FN2/c1-3-8(2)14-11-6-4-5-10(12)9(11)7-13/h4-6,8,14H,3H2,1-2H3/t8-/m1/s1. The molecule has 0 aliphatic carbocycles. The zero-order chi connectivity index (χ0) is 10.6. The molecule has 74 valence electrons. The summed E-state index contributed by atoms with van der Waals surface area (Å²) in [6.45, 7) is 4.02. The molecule has 0 bridgehead atoms. The molecule has 1 aromatic carbocycles. The van der Waals surface area contributed by atoms with Crippen molar-refractivity contribution < 1.29 is 4.39 Å². The first-order valence-corrected chi connectivity index (χ1v) is 4.64. The third-order valence-electron chi connectivity index (χ3n) is 2.14. The number of nitrogens with one attached hydrogen (secondary N) is 1. The second kappa shape index (κ2) is 4.61. The van der Waals surface area contributed by atoms with E-state index in [2.05, 4.69) is 5.32 Å². The summed E-state index contributed by atoms with van der Waals surface area (Å²) in [5.74, 6) is -0.471. The normalized spacial score (nSPS) is 11.9. The van der Waals surface area contributed by atoms with Crippen LogP contribution >= 0.6 is 0 Å². The Balaban J connectivity index is 2.98. The lowest BCUT2D eigenvalue weighted by Crippen LogP contribution is -2.14. The number of hydrogen-bond donors (Lipinski definition) is 1. The summed E-state index contributed by atoms with van der Waals surface area (Å²) in [6.07, 6.45) is 0.932. The van der Waals surface area contributed by atoms with Crippen molar-refractivity contribution in [1.29, 1.82) is 5.26 Å². The third-order valence-corrected chi connectivity index (χ3v) is 2.14. The average molecular weight is 192 g/mol. The van der Waals surface area contributed by atoms with Crippen LogP contribution in [0.4, 0.5) is 10.1 Å². The summed E-state index contributed by atoms with van der Waals surface area (Å²) in [4.78, 5) is 0. The van der Waals surface area contributed by atoms with Gasteiger partial charge in [0.05, 0.1) is 5.69 Å². The Bertz CT molecular complexity index is 355. The van der Waals surface area contributed by atoms with Crippen LogP contribution in [0.5, 0.6) is 0 Å². The predicted molar refractivity (Wildman–Crippen MR) is 54.5 cm³/mol. The van der Waals surface area contributed by atoms with Crippen LogP contribution in [0, 0.1) is 17.1 Å². The summed E-state index contributed by atoms with van der Waals surface area (Å²) in [7, 11) is 0. The fraction of sp³-hybridized carbons (Fsp3) is 0.364. The molecular formula is C11H13FN2. The first kappa shape index (κ1) is 10.5. The number of anilines is 1. The maximum absolute atomic E-state index is 13.1. The molecule has 0 unspecified atom stereocenters. The van der Waals surface area contributed by atoms with Gasteiger partial charge in [0.2, 0.25) is 0 Å². The van der Waals surface area contributed by atoms with Gasteiger partial charge < -0.3 is 5.32 Å². The van der Waals surface area contributed by atoms with Crippen LogP contribution in [0.2, 0.25) is 0 Å². The average Bonchev–Trinajstić information content (AvgIpc) is 2.18. The third kappa shape index (κ3) is 2.23. The van der Waals surface area contributed by atoms with Gasteiger partial charge in [-0.15, -0.1) is 0 Å². The van der Waals surface area contributed by atoms with E-state index in [9.17, 15) is 4.39 Å². The lowest BCUT2D eigenvalue weighted by Gasteiger charge is -2.14. The van der Waals surface area contributed by atoms with Gasteiger partial charge in [0.15, 0.2) is 0 Å². The van der Waals surface area contributed by atoms with Crippen LogP contribution in [0.25, 0.3) is 0 Å². The van der Waals surface area contributed by atoms with Crippen LogP contribution < -0.4 is 5.32 Å². The van der Waals surface area contributed by atoms with E-state index in [4.69, 9.17) is 5.26 Å². The highest BCUT2D eigenvalue weighted by Gasteiger charge is 2.08. The van der Waals surface area contributed by atoms with Gasteiger partial charge >= 0.3 is 0 Å². The molecule has 2 nitrogen and oxygen atoms in total. The van der Waals surface area contributed by atoms with Gasteiger partial charge in [0, 0.05) is 6.04 Å². The highest BCUT2D eigenvalue weighted by atomic mass is 19.1. The Hall–Kier alpha value is -1.56. The zero-order valence-electron chi connectivity index (χ0n) is 8.34. The molecule has 0 amide bonds. The highest BCUT2D eigenvalue weighted by molar-refractivity contribution is 5.58. The summed E-state index contributed by atoms with van der Waals surface area (Å²) in [6, 6.07) is 6.70. The van der Waals surface area contributed by atoms with Crippen LogP contribution in [-0.2, 0) is 0 Å². The quantitative estimate of drug-likeness (QED) is 0.799. The van der Waals surface area contributed by atoms with Crippen LogP contribution in [0.3, 0.4) is 0 Å². The maximum Gasteiger partial charge on any atom is 0.143 e. The fourth-order valence-electron chi connectivity index (χ4n) is 1.13. The van der Waals surface area contributed by atoms with E-state index in [-0.39, 0.29) is 11.6 Å². The minimum atomic E-state index is -0.471. The topological polar surface area (TPSA) is 35.8 Å². The minimum absolute atomic E-state index is 0.0906. The largest absolute Gasteiger partial charge is 0.381 e. The Morgan fingerprint density at radius 3 is 2.86 bits per heavy atom. The number of halogens is 1. The zero-order valence-corrected chi connectivity index (χ0v) is 8.34. The number of hydrogen-bond acceptors (Lipinski definition) is 2. The number of nitriles is 1. The second-order valence-corrected chi connectivity index (χ2v) is 3.23. The molecule has 0 heterocycles. The molecule has 0 aliphatic heterocycles. The van der Waals surface area contributed by atoms with E-state index in [0.717, 1.165) is 6.42 Å². The van der Waals surface area contributed by atoms with Crippen molar-refractivity contribution in [3.8, 4) is 6.07 Å². The molecule has 0 aliphatic rings. The molecule has 1 atom stereocenters. The van der Waals surface area contributed by atoms with Crippen molar-refractivity contribution in [3.63, 3.8) is 0 Å². The summed E-state index contributed by atoms with van der Waals surface area (Å²) in [5, 5.41) is 11.8. The number of nitrogens with zero attached hydrogens (tertiary/aromatic N) is 1. The Kier molecular flexibility index (Phi) is 3.47. The van der Waals surface area contributed by atoms with E-state index in [0.29, 0.717) is 5.69 Å². The molecule has 0 fully saturated rings. The van der Waals surface area contributed by atoms with E-state index < -0.39 is 5.82 Å². The minimum Gasteiger partial charge on any atom is -0.381 e. The Morgan fingerprint density at radius 1 is 1.57 bits per heavy atom. The SMILES string of the molecule is CC[C@@H](C)Nc1cccc(F)c1C#N. The monoisotopic (exact) mass is 192 g/mol. The molecule has 0 radical (unpaired) electrons. The van der Waals surface area contributed by atoms with E-state index in [1.54, 1.807) is 12.1 Å². The van der Waals surface area contributed by atoms with Gasteiger partial charge in [-0.1, -0.05) is 13.0 Å². The Labute approximate surface area is 83.4 Å². The molecule has 1 rings (SSSR count). The van der Waals surface area contributed by atoms with Crippen molar-refractivity contribution in [1.82, 2.24) is 0 Å². The van der Waals surface area contributed by atoms with Crippen LogP contribution in [0.15, 0.2) is 18.2 Å². The lowest BCUT2D eigenvalue weighted by molar-refractivity contribution is 0.623. The first-order valence-electron chi connectivity index (χ1n) is 4.64. The summed E-state index contributed by atoms with van der Waals surface area (Å²) >= 11 is 0. The molecule has 1 N–H and O–H groups in total. The van der Waals surface area contributed by atoms with Crippen LogP contribution in [-0.4, -0.2) is 6.04 Å². The molecular weight excluding hydrogens is 179 g/mol. The second-order valence-electron chi connectivity index (χ2n) is 3.23. The van der Waals surface area contributed by atoms with Gasteiger partial charge in [-0.05, 0) is 25.5 Å². The molecule has 3 heteroatoms. The van der Waals surface area contributed by atoms with Gasteiger partial charge in [0.1, 0.15) is 17.4 Å². The molecule has 0 aromatic heterocycles. The van der Waals surface area contributed by atoms with Gasteiger partial charge in [-0.3, -0.25) is 0 Å². The molecule has 14 heavy (non-hydrogen) atoms. The van der Waals surface area contributed by atoms with Crippen molar-refractivity contribution in [2.75, 3.05) is 5.32 Å². The molecule has 0 saturated heterocycles. The predicted octanol–water partition coefficient (Wildman–Crippen LogP) is 2.91.